The molecular weight excluding hydrogens is 449 g/mol. The van der Waals surface area contributed by atoms with Gasteiger partial charge in [-0.3, -0.25) is 4.99 Å². The Morgan fingerprint density at radius 2 is 2.24 bits per heavy atom. The van der Waals surface area contributed by atoms with Crippen molar-refractivity contribution in [3.8, 4) is 0 Å². The molecule has 1 N–H and O–H groups in total. The van der Waals surface area contributed by atoms with Crippen molar-refractivity contribution in [2.45, 2.75) is 38.6 Å². The van der Waals surface area contributed by atoms with Gasteiger partial charge in [0.1, 0.15) is 0 Å². The maximum atomic E-state index is 6.12. The summed E-state index contributed by atoms with van der Waals surface area (Å²) in [4.78, 5) is 7.10. The van der Waals surface area contributed by atoms with Crippen molar-refractivity contribution in [3.05, 3.63) is 34.9 Å². The van der Waals surface area contributed by atoms with Crippen molar-refractivity contribution >= 4 is 41.5 Å². The van der Waals surface area contributed by atoms with Crippen LogP contribution in [0.2, 0.25) is 5.02 Å². The highest BCUT2D eigenvalue weighted by Crippen LogP contribution is 2.41. The minimum absolute atomic E-state index is 0. The number of hydrogen-bond acceptors (Lipinski definition) is 2. The topological polar surface area (TPSA) is 36.9 Å². The second kappa shape index (κ2) is 9.97. The molecule has 1 saturated carbocycles. The lowest BCUT2D eigenvalue weighted by Crippen LogP contribution is -2.42. The van der Waals surface area contributed by atoms with Gasteiger partial charge in [-0.2, -0.15) is 0 Å². The molecule has 1 aromatic carbocycles. The number of rotatable bonds is 6. The molecule has 140 valence electrons. The Morgan fingerprint density at radius 1 is 1.40 bits per heavy atom. The molecule has 1 aromatic rings. The van der Waals surface area contributed by atoms with E-state index in [4.69, 9.17) is 21.3 Å². The van der Waals surface area contributed by atoms with Crippen LogP contribution in [0.25, 0.3) is 0 Å². The first-order valence-corrected chi connectivity index (χ1v) is 9.48. The van der Waals surface area contributed by atoms with E-state index in [0.717, 1.165) is 50.3 Å². The second-order valence-electron chi connectivity index (χ2n) is 6.71. The monoisotopic (exact) mass is 477 g/mol. The summed E-state index contributed by atoms with van der Waals surface area (Å²) in [5.74, 6) is 2.23. The predicted octanol–water partition coefficient (Wildman–Crippen LogP) is 4.14. The fourth-order valence-corrected chi connectivity index (χ4v) is 3.66. The van der Waals surface area contributed by atoms with E-state index in [1.165, 1.54) is 12.0 Å². The number of halogens is 2. The number of nitrogens with one attached hydrogen (secondary N) is 1. The van der Waals surface area contributed by atoms with Crippen LogP contribution in [0.4, 0.5) is 0 Å². The fourth-order valence-electron chi connectivity index (χ4n) is 3.46. The van der Waals surface area contributed by atoms with Gasteiger partial charge in [0.05, 0.1) is 6.61 Å². The molecule has 3 atom stereocenters. The summed E-state index contributed by atoms with van der Waals surface area (Å²) < 4.78 is 5.59. The van der Waals surface area contributed by atoms with Gasteiger partial charge in [0.15, 0.2) is 5.96 Å². The smallest absolute Gasteiger partial charge is 0.194 e. The molecule has 1 saturated heterocycles. The molecule has 2 aliphatic rings. The SMILES string of the molecule is CCN=C(NC1CC1c1cccc(Cl)c1)N1CCC(COCC)C1.I. The standard InChI is InChI=1S/C19H28ClN3O.HI/c1-3-21-19(23-9-8-14(12-23)13-24-4-2)22-18-11-17(18)15-6-5-7-16(20)10-15;/h5-7,10,14,17-18H,3-4,8-9,11-13H2,1-2H3,(H,21,22);1H. The van der Waals surface area contributed by atoms with E-state index < -0.39 is 0 Å². The Bertz CT molecular complexity index is 584. The number of ether oxygens (including phenoxy) is 1. The van der Waals surface area contributed by atoms with Crippen molar-refractivity contribution in [3.63, 3.8) is 0 Å². The van der Waals surface area contributed by atoms with Gasteiger partial charge in [-0.25, -0.2) is 0 Å². The number of nitrogens with zero attached hydrogens (tertiary/aromatic N) is 2. The third-order valence-corrected chi connectivity index (χ3v) is 5.07. The zero-order chi connectivity index (χ0) is 16.9. The maximum Gasteiger partial charge on any atom is 0.194 e. The fraction of sp³-hybridized carbons (Fsp3) is 0.632. The Labute approximate surface area is 173 Å². The summed E-state index contributed by atoms with van der Waals surface area (Å²) >= 11 is 6.12. The Kier molecular flexibility index (Phi) is 8.29. The third kappa shape index (κ3) is 5.73. The molecule has 2 fully saturated rings. The van der Waals surface area contributed by atoms with Gasteiger partial charge in [-0.15, -0.1) is 24.0 Å². The van der Waals surface area contributed by atoms with Gasteiger partial charge in [-0.05, 0) is 44.4 Å². The predicted molar refractivity (Wildman–Crippen MR) is 115 cm³/mol. The zero-order valence-corrected chi connectivity index (χ0v) is 18.2. The Hall–Kier alpha value is -0.530. The Balaban J connectivity index is 0.00000225. The molecule has 1 aliphatic carbocycles. The molecule has 6 heteroatoms. The van der Waals surface area contributed by atoms with Gasteiger partial charge < -0.3 is 15.0 Å². The highest BCUT2D eigenvalue weighted by Gasteiger charge is 2.40. The van der Waals surface area contributed by atoms with E-state index in [1.807, 2.05) is 12.1 Å². The van der Waals surface area contributed by atoms with Gasteiger partial charge >= 0.3 is 0 Å². The van der Waals surface area contributed by atoms with Crippen LogP contribution in [0, 0.1) is 5.92 Å². The van der Waals surface area contributed by atoms with E-state index in [2.05, 4.69) is 36.2 Å². The minimum Gasteiger partial charge on any atom is -0.381 e. The molecular formula is C19H29ClIN3O. The summed E-state index contributed by atoms with van der Waals surface area (Å²) in [5, 5.41) is 4.49. The molecule has 0 bridgehead atoms. The molecule has 4 nitrogen and oxygen atoms in total. The van der Waals surface area contributed by atoms with Crippen molar-refractivity contribution in [2.24, 2.45) is 10.9 Å². The minimum atomic E-state index is 0. The maximum absolute atomic E-state index is 6.12. The quantitative estimate of drug-likeness (QED) is 0.380. The second-order valence-corrected chi connectivity index (χ2v) is 7.14. The number of likely N-dealkylation sites (tertiary alicyclic amines) is 1. The summed E-state index contributed by atoms with van der Waals surface area (Å²) in [6, 6.07) is 8.69. The number of aliphatic imine (C=N–C) groups is 1. The highest BCUT2D eigenvalue weighted by atomic mass is 127. The van der Waals surface area contributed by atoms with Gasteiger partial charge in [0, 0.05) is 49.1 Å². The van der Waals surface area contributed by atoms with Gasteiger partial charge in [-0.1, -0.05) is 23.7 Å². The molecule has 0 radical (unpaired) electrons. The van der Waals surface area contributed by atoms with Crippen LogP contribution < -0.4 is 5.32 Å². The third-order valence-electron chi connectivity index (χ3n) is 4.83. The van der Waals surface area contributed by atoms with Gasteiger partial charge in [0.2, 0.25) is 0 Å². The van der Waals surface area contributed by atoms with Crippen LogP contribution in [-0.4, -0.2) is 49.7 Å². The van der Waals surface area contributed by atoms with Crippen LogP contribution >= 0.6 is 35.6 Å². The zero-order valence-electron chi connectivity index (χ0n) is 15.1. The van der Waals surface area contributed by atoms with Crippen molar-refractivity contribution in [1.29, 1.82) is 0 Å². The van der Waals surface area contributed by atoms with Crippen LogP contribution in [0.5, 0.6) is 0 Å². The first-order chi connectivity index (χ1) is 11.7. The summed E-state index contributed by atoms with van der Waals surface area (Å²) in [7, 11) is 0. The van der Waals surface area contributed by atoms with E-state index in [1.54, 1.807) is 0 Å². The molecule has 25 heavy (non-hydrogen) atoms. The number of guanidine groups is 1. The summed E-state index contributed by atoms with van der Waals surface area (Å²) in [6.45, 7) is 8.73. The molecule has 3 unspecified atom stereocenters. The Morgan fingerprint density at radius 3 is 2.96 bits per heavy atom. The van der Waals surface area contributed by atoms with E-state index in [0.29, 0.717) is 17.9 Å². The lowest BCUT2D eigenvalue weighted by Gasteiger charge is -2.22. The average molecular weight is 478 g/mol. The average Bonchev–Trinajstić information content (AvgIpc) is 3.19. The molecule has 0 amide bonds. The van der Waals surface area contributed by atoms with Crippen LogP contribution in [0.15, 0.2) is 29.3 Å². The first kappa shape index (κ1) is 20.8. The summed E-state index contributed by atoms with van der Waals surface area (Å²) in [6.07, 6.45) is 2.34. The van der Waals surface area contributed by atoms with Crippen molar-refractivity contribution in [1.82, 2.24) is 10.2 Å². The van der Waals surface area contributed by atoms with Crippen LogP contribution in [-0.2, 0) is 4.74 Å². The summed E-state index contributed by atoms with van der Waals surface area (Å²) in [5.41, 5.74) is 1.33. The van der Waals surface area contributed by atoms with Crippen molar-refractivity contribution in [2.75, 3.05) is 32.8 Å². The van der Waals surface area contributed by atoms with E-state index in [9.17, 15) is 0 Å². The highest BCUT2D eigenvalue weighted by molar-refractivity contribution is 14.0. The van der Waals surface area contributed by atoms with Crippen LogP contribution in [0.1, 0.15) is 38.2 Å². The molecule has 1 aliphatic heterocycles. The molecule has 3 rings (SSSR count). The lowest BCUT2D eigenvalue weighted by atomic mass is 10.1. The number of hydrogen-bond donors (Lipinski definition) is 1. The number of benzene rings is 1. The molecule has 0 spiro atoms. The van der Waals surface area contributed by atoms with E-state index >= 15 is 0 Å². The van der Waals surface area contributed by atoms with Crippen LogP contribution in [0.3, 0.4) is 0 Å². The molecule has 1 heterocycles. The van der Waals surface area contributed by atoms with Gasteiger partial charge in [0.25, 0.3) is 0 Å². The van der Waals surface area contributed by atoms with Crippen molar-refractivity contribution < 1.29 is 4.74 Å². The first-order valence-electron chi connectivity index (χ1n) is 9.10. The van der Waals surface area contributed by atoms with E-state index in [-0.39, 0.29) is 24.0 Å². The normalized spacial score (nSPS) is 25.6. The molecule has 0 aromatic heterocycles. The largest absolute Gasteiger partial charge is 0.381 e. The lowest BCUT2D eigenvalue weighted by molar-refractivity contribution is 0.114.